The third kappa shape index (κ3) is 1.84. The maximum Gasteiger partial charge on any atom is 0.177 e. The second-order valence-corrected chi connectivity index (χ2v) is 5.84. The number of hydrogen-bond donors (Lipinski definition) is 0. The predicted molar refractivity (Wildman–Crippen MR) is 97.1 cm³/mol. The highest BCUT2D eigenvalue weighted by Gasteiger charge is 2.17. The van der Waals surface area contributed by atoms with E-state index in [1.165, 1.54) is 0 Å². The summed E-state index contributed by atoms with van der Waals surface area (Å²) < 4.78 is 0. The van der Waals surface area contributed by atoms with E-state index in [2.05, 4.69) is 19.9 Å². The standard InChI is InChI=1S/C20H8N6/c21-9-15-16(10-22)26-20-18(25-15)14-8-12-4-2-1-3-11(12)7-13(14)17-19(20)24-6-5-23-17/h1-8H. The highest BCUT2D eigenvalue weighted by molar-refractivity contribution is 6.23. The Balaban J connectivity index is 2.14. The van der Waals surface area contributed by atoms with Crippen molar-refractivity contribution in [1.82, 2.24) is 19.9 Å². The van der Waals surface area contributed by atoms with E-state index < -0.39 is 0 Å². The molecular weight excluding hydrogens is 324 g/mol. The number of nitrogens with zero attached hydrogens (tertiary/aromatic N) is 6. The van der Waals surface area contributed by atoms with E-state index in [0.29, 0.717) is 22.1 Å². The Morgan fingerprint density at radius 2 is 1.19 bits per heavy atom. The summed E-state index contributed by atoms with van der Waals surface area (Å²) in [5.74, 6) is 0. The molecule has 0 aliphatic rings. The first-order valence-corrected chi connectivity index (χ1v) is 7.87. The highest BCUT2D eigenvalue weighted by atomic mass is 14.9. The monoisotopic (exact) mass is 332 g/mol. The summed E-state index contributed by atoms with van der Waals surface area (Å²) in [6.45, 7) is 0. The zero-order valence-electron chi connectivity index (χ0n) is 13.3. The molecule has 0 aliphatic heterocycles. The molecule has 0 bridgehead atoms. The van der Waals surface area contributed by atoms with Crippen LogP contribution in [0.2, 0.25) is 0 Å². The van der Waals surface area contributed by atoms with Crippen LogP contribution in [0, 0.1) is 22.7 Å². The van der Waals surface area contributed by atoms with Crippen LogP contribution in [-0.4, -0.2) is 19.9 Å². The second-order valence-electron chi connectivity index (χ2n) is 5.84. The Kier molecular flexibility index (Phi) is 2.82. The second kappa shape index (κ2) is 5.17. The lowest BCUT2D eigenvalue weighted by atomic mass is 10.0. The molecule has 26 heavy (non-hydrogen) atoms. The molecule has 0 fully saturated rings. The first-order valence-electron chi connectivity index (χ1n) is 7.87. The van der Waals surface area contributed by atoms with E-state index in [-0.39, 0.29) is 11.4 Å². The van der Waals surface area contributed by atoms with Gasteiger partial charge in [-0.25, -0.2) is 9.97 Å². The van der Waals surface area contributed by atoms with Crippen LogP contribution >= 0.6 is 0 Å². The smallest absolute Gasteiger partial charge is 0.177 e. The quantitative estimate of drug-likeness (QED) is 0.317. The van der Waals surface area contributed by atoms with Gasteiger partial charge in [-0.15, -0.1) is 0 Å². The summed E-state index contributed by atoms with van der Waals surface area (Å²) in [6, 6.07) is 16.0. The van der Waals surface area contributed by atoms with Crippen molar-refractivity contribution in [2.75, 3.05) is 0 Å². The molecule has 6 heteroatoms. The largest absolute Gasteiger partial charge is 0.252 e. The van der Waals surface area contributed by atoms with Crippen molar-refractivity contribution in [3.05, 3.63) is 60.2 Å². The van der Waals surface area contributed by atoms with Crippen molar-refractivity contribution in [3.8, 4) is 12.1 Å². The summed E-state index contributed by atoms with van der Waals surface area (Å²) >= 11 is 0. The predicted octanol–water partition coefficient (Wildman–Crippen LogP) is 3.62. The molecule has 0 saturated heterocycles. The highest BCUT2D eigenvalue weighted by Crippen LogP contribution is 2.34. The molecule has 0 saturated carbocycles. The van der Waals surface area contributed by atoms with Crippen LogP contribution in [0.4, 0.5) is 0 Å². The molecule has 0 unspecified atom stereocenters. The van der Waals surface area contributed by atoms with Gasteiger partial charge >= 0.3 is 0 Å². The van der Waals surface area contributed by atoms with Crippen molar-refractivity contribution in [2.45, 2.75) is 0 Å². The summed E-state index contributed by atoms with van der Waals surface area (Å²) in [7, 11) is 0. The first-order chi connectivity index (χ1) is 12.8. The van der Waals surface area contributed by atoms with Crippen molar-refractivity contribution >= 4 is 43.6 Å². The fraction of sp³-hybridized carbons (Fsp3) is 0. The molecule has 2 heterocycles. The minimum Gasteiger partial charge on any atom is -0.252 e. The van der Waals surface area contributed by atoms with Gasteiger partial charge in [0.25, 0.3) is 0 Å². The number of nitriles is 2. The average Bonchev–Trinajstić information content (AvgIpc) is 2.71. The van der Waals surface area contributed by atoms with E-state index in [0.717, 1.165) is 21.5 Å². The van der Waals surface area contributed by atoms with E-state index in [1.807, 2.05) is 48.5 Å². The third-order valence-electron chi connectivity index (χ3n) is 4.43. The van der Waals surface area contributed by atoms with Crippen LogP contribution in [0.3, 0.4) is 0 Å². The van der Waals surface area contributed by atoms with Crippen molar-refractivity contribution in [1.29, 1.82) is 10.5 Å². The lowest BCUT2D eigenvalue weighted by Gasteiger charge is -2.09. The van der Waals surface area contributed by atoms with Crippen LogP contribution in [-0.2, 0) is 0 Å². The number of hydrogen-bond acceptors (Lipinski definition) is 6. The average molecular weight is 332 g/mol. The molecular formula is C20H8N6. The van der Waals surface area contributed by atoms with Gasteiger partial charge in [0.15, 0.2) is 11.4 Å². The van der Waals surface area contributed by atoms with Crippen LogP contribution < -0.4 is 0 Å². The number of aromatic nitrogens is 4. The lowest BCUT2D eigenvalue weighted by Crippen LogP contribution is -1.99. The van der Waals surface area contributed by atoms with Crippen molar-refractivity contribution < 1.29 is 0 Å². The third-order valence-corrected chi connectivity index (χ3v) is 4.43. The Labute approximate surface area is 147 Å². The molecule has 0 aliphatic carbocycles. The van der Waals surface area contributed by atoms with Gasteiger partial charge in [0, 0.05) is 23.2 Å². The van der Waals surface area contributed by atoms with Crippen LogP contribution in [0.25, 0.3) is 43.6 Å². The summed E-state index contributed by atoms with van der Waals surface area (Å²) in [5, 5.41) is 22.5. The van der Waals surface area contributed by atoms with Crippen molar-refractivity contribution in [3.63, 3.8) is 0 Å². The minimum absolute atomic E-state index is 0.00732. The van der Waals surface area contributed by atoms with Gasteiger partial charge < -0.3 is 0 Å². The summed E-state index contributed by atoms with van der Waals surface area (Å²) in [6.07, 6.45) is 3.21. The number of rotatable bonds is 0. The lowest BCUT2D eigenvalue weighted by molar-refractivity contribution is 1.20. The molecule has 3 aromatic carbocycles. The van der Waals surface area contributed by atoms with Gasteiger partial charge in [0.05, 0.1) is 5.52 Å². The number of benzene rings is 3. The van der Waals surface area contributed by atoms with E-state index in [9.17, 15) is 10.5 Å². The molecule has 0 amide bonds. The van der Waals surface area contributed by atoms with Gasteiger partial charge in [0.2, 0.25) is 0 Å². The maximum atomic E-state index is 9.33. The Morgan fingerprint density at radius 1 is 0.654 bits per heavy atom. The van der Waals surface area contributed by atoms with Crippen LogP contribution in [0.5, 0.6) is 0 Å². The van der Waals surface area contributed by atoms with Gasteiger partial charge in [0.1, 0.15) is 28.7 Å². The van der Waals surface area contributed by atoms with Crippen LogP contribution in [0.15, 0.2) is 48.8 Å². The zero-order valence-corrected chi connectivity index (χ0v) is 13.3. The summed E-state index contributed by atoms with van der Waals surface area (Å²) in [5.41, 5.74) is 2.30. The summed E-state index contributed by atoms with van der Waals surface area (Å²) in [4.78, 5) is 17.7. The Bertz CT molecular complexity index is 1460. The Hall–Kier alpha value is -4.16. The normalized spacial score (nSPS) is 11.0. The Morgan fingerprint density at radius 3 is 1.81 bits per heavy atom. The molecule has 6 nitrogen and oxygen atoms in total. The fourth-order valence-electron chi connectivity index (χ4n) is 3.28. The maximum absolute atomic E-state index is 9.33. The minimum atomic E-state index is -0.00732. The fourth-order valence-corrected chi connectivity index (χ4v) is 3.28. The van der Waals surface area contributed by atoms with E-state index >= 15 is 0 Å². The van der Waals surface area contributed by atoms with E-state index in [4.69, 9.17) is 0 Å². The number of fused-ring (bicyclic) bond motifs is 7. The molecule has 0 N–H and O–H groups in total. The molecule has 0 spiro atoms. The van der Waals surface area contributed by atoms with E-state index in [1.54, 1.807) is 12.4 Å². The zero-order chi connectivity index (χ0) is 17.7. The van der Waals surface area contributed by atoms with Gasteiger partial charge in [-0.3, -0.25) is 9.97 Å². The molecule has 5 aromatic rings. The van der Waals surface area contributed by atoms with Gasteiger partial charge in [-0.1, -0.05) is 24.3 Å². The topological polar surface area (TPSA) is 99.1 Å². The van der Waals surface area contributed by atoms with Gasteiger partial charge in [-0.05, 0) is 22.9 Å². The first kappa shape index (κ1) is 14.2. The molecule has 118 valence electrons. The van der Waals surface area contributed by atoms with Gasteiger partial charge in [-0.2, -0.15) is 10.5 Å². The SMILES string of the molecule is N#Cc1nc2c3cc4ccccc4cc3c3nccnc3c2nc1C#N. The molecule has 5 rings (SSSR count). The molecule has 0 radical (unpaired) electrons. The molecule has 0 atom stereocenters. The molecule has 2 aromatic heterocycles. The van der Waals surface area contributed by atoms with Crippen molar-refractivity contribution in [2.24, 2.45) is 0 Å². The van der Waals surface area contributed by atoms with Crippen LogP contribution in [0.1, 0.15) is 11.4 Å².